The third kappa shape index (κ3) is 2.95. The van der Waals surface area contributed by atoms with Gasteiger partial charge in [-0.25, -0.2) is 4.98 Å². The summed E-state index contributed by atoms with van der Waals surface area (Å²) in [6.45, 7) is -0.0400. The molecule has 0 spiro atoms. The quantitative estimate of drug-likeness (QED) is 0.821. The molecule has 0 amide bonds. The number of nitrogen functional groups attached to an aromatic ring is 1. The number of pyridine rings is 2. The number of thioether (sulfide) groups is 1. The summed E-state index contributed by atoms with van der Waals surface area (Å²) in [5, 5.41) is 28.1. The fourth-order valence-electron chi connectivity index (χ4n) is 1.85. The third-order valence-corrected chi connectivity index (χ3v) is 3.67. The Morgan fingerprint density at radius 3 is 2.43 bits per heavy atom. The first-order chi connectivity index (χ1) is 10.2. The lowest BCUT2D eigenvalue weighted by Crippen LogP contribution is -2.04. The van der Waals surface area contributed by atoms with Crippen molar-refractivity contribution in [3.8, 4) is 23.3 Å². The first kappa shape index (κ1) is 14.8. The molecule has 0 radical (unpaired) electrons. The maximum atomic E-state index is 9.44. The molecule has 0 saturated carbocycles. The van der Waals surface area contributed by atoms with Crippen molar-refractivity contribution in [1.82, 2.24) is 9.97 Å². The smallest absolute Gasteiger partial charge is 0.143 e. The van der Waals surface area contributed by atoms with E-state index in [0.29, 0.717) is 21.9 Å². The molecule has 3 N–H and O–H groups in total. The molecular weight excluding hydrogens is 286 g/mol. The SMILES string of the molecule is N#Cc1c(N)nc(SCCO)c(C#N)c1-c1ccncc1. The van der Waals surface area contributed by atoms with Gasteiger partial charge >= 0.3 is 0 Å². The van der Waals surface area contributed by atoms with Crippen LogP contribution in [0.1, 0.15) is 11.1 Å². The van der Waals surface area contributed by atoms with E-state index in [1.54, 1.807) is 24.5 Å². The third-order valence-electron chi connectivity index (χ3n) is 2.71. The van der Waals surface area contributed by atoms with Gasteiger partial charge in [0, 0.05) is 23.7 Å². The van der Waals surface area contributed by atoms with Crippen LogP contribution in [0.2, 0.25) is 0 Å². The minimum absolute atomic E-state index is 0.0400. The Balaban J connectivity index is 2.74. The number of rotatable bonds is 4. The van der Waals surface area contributed by atoms with Crippen LogP contribution in [0.3, 0.4) is 0 Å². The Bertz CT molecular complexity index is 734. The molecule has 0 aliphatic rings. The predicted molar refractivity (Wildman–Crippen MR) is 79.1 cm³/mol. The van der Waals surface area contributed by atoms with E-state index in [1.807, 2.05) is 6.07 Å². The van der Waals surface area contributed by atoms with Crippen molar-refractivity contribution in [3.63, 3.8) is 0 Å². The molecule has 2 rings (SSSR count). The van der Waals surface area contributed by atoms with Crippen LogP contribution in [0.25, 0.3) is 11.1 Å². The van der Waals surface area contributed by atoms with E-state index in [-0.39, 0.29) is 23.6 Å². The molecule has 0 unspecified atom stereocenters. The highest BCUT2D eigenvalue weighted by atomic mass is 32.2. The van der Waals surface area contributed by atoms with Gasteiger partial charge in [-0.15, -0.1) is 11.8 Å². The minimum atomic E-state index is -0.0400. The molecule has 0 fully saturated rings. The van der Waals surface area contributed by atoms with Crippen molar-refractivity contribution in [2.75, 3.05) is 18.1 Å². The van der Waals surface area contributed by atoms with Gasteiger partial charge in [0.05, 0.1) is 12.2 Å². The zero-order valence-electron chi connectivity index (χ0n) is 10.9. The van der Waals surface area contributed by atoms with E-state index in [2.05, 4.69) is 16.0 Å². The van der Waals surface area contributed by atoms with Crippen LogP contribution in [0.4, 0.5) is 5.82 Å². The Labute approximate surface area is 125 Å². The highest BCUT2D eigenvalue weighted by Crippen LogP contribution is 2.35. The number of nitrogens with zero attached hydrogens (tertiary/aromatic N) is 4. The van der Waals surface area contributed by atoms with Gasteiger partial charge in [-0.2, -0.15) is 10.5 Å². The van der Waals surface area contributed by atoms with E-state index in [1.165, 1.54) is 11.8 Å². The number of nitrogens with two attached hydrogens (primary N) is 1. The van der Waals surface area contributed by atoms with Crippen LogP contribution >= 0.6 is 11.8 Å². The number of hydrogen-bond donors (Lipinski definition) is 2. The summed E-state index contributed by atoms with van der Waals surface area (Å²) in [7, 11) is 0. The van der Waals surface area contributed by atoms with Crippen LogP contribution in [0.15, 0.2) is 29.6 Å². The van der Waals surface area contributed by atoms with Crippen molar-refractivity contribution >= 4 is 17.6 Å². The van der Waals surface area contributed by atoms with Gasteiger partial charge in [0.2, 0.25) is 0 Å². The molecule has 2 aromatic heterocycles. The number of aliphatic hydroxyl groups excluding tert-OH is 1. The first-order valence-electron chi connectivity index (χ1n) is 6.00. The number of aromatic nitrogens is 2. The van der Waals surface area contributed by atoms with Gasteiger partial charge in [-0.1, -0.05) is 0 Å². The van der Waals surface area contributed by atoms with E-state index >= 15 is 0 Å². The maximum Gasteiger partial charge on any atom is 0.143 e. The average molecular weight is 297 g/mol. The largest absolute Gasteiger partial charge is 0.396 e. The molecule has 7 heteroatoms. The predicted octanol–water partition coefficient (Wildman–Crippen LogP) is 1.55. The monoisotopic (exact) mass is 297 g/mol. The molecule has 2 aromatic rings. The van der Waals surface area contributed by atoms with Gasteiger partial charge in [-0.3, -0.25) is 4.98 Å². The topological polar surface area (TPSA) is 120 Å². The van der Waals surface area contributed by atoms with E-state index in [4.69, 9.17) is 10.8 Å². The van der Waals surface area contributed by atoms with Crippen molar-refractivity contribution in [2.24, 2.45) is 0 Å². The molecule has 0 saturated heterocycles. The van der Waals surface area contributed by atoms with E-state index < -0.39 is 0 Å². The van der Waals surface area contributed by atoms with Gasteiger partial charge in [0.15, 0.2) is 0 Å². The summed E-state index contributed by atoms with van der Waals surface area (Å²) in [5.74, 6) is 0.465. The van der Waals surface area contributed by atoms with Gasteiger partial charge in [0.25, 0.3) is 0 Å². The second-order valence-electron chi connectivity index (χ2n) is 3.96. The minimum Gasteiger partial charge on any atom is -0.396 e. The summed E-state index contributed by atoms with van der Waals surface area (Å²) in [5.41, 5.74) is 7.42. The first-order valence-corrected chi connectivity index (χ1v) is 6.99. The van der Waals surface area contributed by atoms with Gasteiger partial charge in [-0.05, 0) is 17.7 Å². The van der Waals surface area contributed by atoms with E-state index in [9.17, 15) is 10.5 Å². The highest BCUT2D eigenvalue weighted by Gasteiger charge is 2.20. The number of aliphatic hydroxyl groups is 1. The Morgan fingerprint density at radius 1 is 1.19 bits per heavy atom. The van der Waals surface area contributed by atoms with Gasteiger partial charge in [0.1, 0.15) is 28.5 Å². The summed E-state index contributed by atoms with van der Waals surface area (Å²) in [4.78, 5) is 8.03. The highest BCUT2D eigenvalue weighted by molar-refractivity contribution is 7.99. The molecular formula is C14H11N5OS. The number of nitriles is 2. The van der Waals surface area contributed by atoms with Crippen LogP contribution in [0.5, 0.6) is 0 Å². The van der Waals surface area contributed by atoms with Crippen molar-refractivity contribution in [2.45, 2.75) is 5.03 Å². The number of hydrogen-bond acceptors (Lipinski definition) is 7. The standard InChI is InChI=1S/C14H11N5OS/c15-7-10-12(9-1-3-18-4-2-9)11(8-16)14(19-13(10)17)21-6-5-20/h1-4,20H,5-6H2,(H2,17,19). The zero-order valence-corrected chi connectivity index (χ0v) is 11.8. The lowest BCUT2D eigenvalue weighted by atomic mass is 9.98. The second kappa shape index (κ2) is 6.71. The molecule has 0 aliphatic heterocycles. The average Bonchev–Trinajstić information content (AvgIpc) is 2.52. The summed E-state index contributed by atoms with van der Waals surface area (Å²) < 4.78 is 0. The Hall–Kier alpha value is -2.61. The fraction of sp³-hybridized carbons (Fsp3) is 0.143. The Morgan fingerprint density at radius 2 is 1.86 bits per heavy atom. The van der Waals surface area contributed by atoms with Crippen LogP contribution in [-0.4, -0.2) is 27.4 Å². The Kier molecular flexibility index (Phi) is 4.72. The molecule has 104 valence electrons. The fourth-order valence-corrected chi connectivity index (χ4v) is 2.59. The molecule has 21 heavy (non-hydrogen) atoms. The van der Waals surface area contributed by atoms with Crippen molar-refractivity contribution in [3.05, 3.63) is 35.7 Å². The molecule has 6 nitrogen and oxygen atoms in total. The van der Waals surface area contributed by atoms with E-state index in [0.717, 1.165) is 0 Å². The van der Waals surface area contributed by atoms with Crippen molar-refractivity contribution in [1.29, 1.82) is 10.5 Å². The summed E-state index contributed by atoms with van der Waals surface area (Å²) >= 11 is 1.23. The van der Waals surface area contributed by atoms with Crippen LogP contribution < -0.4 is 5.73 Å². The molecule has 0 atom stereocenters. The second-order valence-corrected chi connectivity index (χ2v) is 5.04. The normalized spacial score (nSPS) is 9.86. The lowest BCUT2D eigenvalue weighted by molar-refractivity contribution is 0.322. The summed E-state index contributed by atoms with van der Waals surface area (Å²) in [6.07, 6.45) is 3.16. The maximum absolute atomic E-state index is 9.44. The summed E-state index contributed by atoms with van der Waals surface area (Å²) in [6, 6.07) is 7.49. The van der Waals surface area contributed by atoms with Crippen LogP contribution in [0, 0.1) is 22.7 Å². The molecule has 0 aliphatic carbocycles. The number of anilines is 1. The lowest BCUT2D eigenvalue weighted by Gasteiger charge is -2.12. The molecule has 0 aromatic carbocycles. The molecule has 2 heterocycles. The van der Waals surface area contributed by atoms with Crippen LogP contribution in [-0.2, 0) is 0 Å². The van der Waals surface area contributed by atoms with Gasteiger partial charge < -0.3 is 10.8 Å². The molecule has 0 bridgehead atoms. The van der Waals surface area contributed by atoms with Crippen molar-refractivity contribution < 1.29 is 5.11 Å². The zero-order chi connectivity index (χ0) is 15.2.